The van der Waals surface area contributed by atoms with Crippen LogP contribution < -0.4 is 5.32 Å². The Morgan fingerprint density at radius 3 is 2.70 bits per heavy atom. The summed E-state index contributed by atoms with van der Waals surface area (Å²) in [6.45, 7) is 3.72. The van der Waals surface area contributed by atoms with E-state index in [2.05, 4.69) is 5.32 Å². The predicted molar refractivity (Wildman–Crippen MR) is 102 cm³/mol. The SMILES string of the molecule is Cc1c(Cl)cccc1NC(=O)[C@@H](C)OC(=O)[C@H]1CC(=O)N(C2CCCC2)C1. The summed E-state index contributed by atoms with van der Waals surface area (Å²) in [5, 5.41) is 3.28. The zero-order valence-electron chi connectivity index (χ0n) is 15.7. The van der Waals surface area contributed by atoms with Crippen molar-refractivity contribution < 1.29 is 19.1 Å². The van der Waals surface area contributed by atoms with Gasteiger partial charge in [0.2, 0.25) is 5.91 Å². The standard InChI is InChI=1S/C20H25ClN2O4/c1-12-16(21)8-5-9-17(12)22-19(25)13(2)27-20(26)14-10-18(24)23(11-14)15-6-3-4-7-15/h5,8-9,13-15H,3-4,6-7,10-11H2,1-2H3,(H,22,25)/t13-,14+/m1/s1. The molecular weight excluding hydrogens is 368 g/mol. The summed E-state index contributed by atoms with van der Waals surface area (Å²) in [4.78, 5) is 38.8. The van der Waals surface area contributed by atoms with Gasteiger partial charge in [0.05, 0.1) is 5.92 Å². The Kier molecular flexibility index (Phi) is 6.05. The highest BCUT2D eigenvalue weighted by Crippen LogP contribution is 2.30. The van der Waals surface area contributed by atoms with E-state index < -0.39 is 23.9 Å². The third-order valence-electron chi connectivity index (χ3n) is 5.44. The second-order valence-electron chi connectivity index (χ2n) is 7.37. The Bertz CT molecular complexity index is 745. The van der Waals surface area contributed by atoms with Gasteiger partial charge in [0.25, 0.3) is 5.91 Å². The van der Waals surface area contributed by atoms with Crippen LogP contribution in [0.2, 0.25) is 5.02 Å². The van der Waals surface area contributed by atoms with Gasteiger partial charge in [-0.1, -0.05) is 30.5 Å². The van der Waals surface area contributed by atoms with Crippen molar-refractivity contribution in [2.45, 2.75) is 58.1 Å². The number of hydrogen-bond acceptors (Lipinski definition) is 4. The first-order chi connectivity index (χ1) is 12.9. The minimum absolute atomic E-state index is 0.00973. The molecule has 0 bridgehead atoms. The normalized spacial score (nSPS) is 21.4. The fourth-order valence-corrected chi connectivity index (χ4v) is 3.93. The maximum absolute atomic E-state index is 12.4. The number of esters is 1. The molecule has 0 aromatic heterocycles. The average Bonchev–Trinajstić information content (AvgIpc) is 3.28. The number of carbonyl (C=O) groups excluding carboxylic acids is 3. The van der Waals surface area contributed by atoms with Crippen LogP contribution in [0, 0.1) is 12.8 Å². The summed E-state index contributed by atoms with van der Waals surface area (Å²) in [6.07, 6.45) is 3.48. The quantitative estimate of drug-likeness (QED) is 0.780. The molecule has 0 spiro atoms. The largest absolute Gasteiger partial charge is 0.452 e. The van der Waals surface area contributed by atoms with Crippen LogP contribution in [0.25, 0.3) is 0 Å². The van der Waals surface area contributed by atoms with Crippen LogP contribution in [-0.4, -0.2) is 41.4 Å². The second-order valence-corrected chi connectivity index (χ2v) is 7.77. The van der Waals surface area contributed by atoms with Crippen molar-refractivity contribution in [3.05, 3.63) is 28.8 Å². The molecule has 2 fully saturated rings. The summed E-state index contributed by atoms with van der Waals surface area (Å²) in [5.74, 6) is -1.41. The lowest BCUT2D eigenvalue weighted by molar-refractivity contribution is -0.157. The summed E-state index contributed by atoms with van der Waals surface area (Å²) in [7, 11) is 0. The molecule has 1 saturated carbocycles. The molecule has 1 aliphatic heterocycles. The molecule has 2 aliphatic rings. The van der Waals surface area contributed by atoms with Gasteiger partial charge in [0.1, 0.15) is 0 Å². The number of nitrogens with zero attached hydrogens (tertiary/aromatic N) is 1. The summed E-state index contributed by atoms with van der Waals surface area (Å²) >= 11 is 6.06. The number of ether oxygens (including phenoxy) is 1. The highest BCUT2D eigenvalue weighted by molar-refractivity contribution is 6.31. The third-order valence-corrected chi connectivity index (χ3v) is 5.85. The Hall–Kier alpha value is -2.08. The molecule has 0 unspecified atom stereocenters. The van der Waals surface area contributed by atoms with Crippen molar-refractivity contribution in [1.29, 1.82) is 0 Å². The van der Waals surface area contributed by atoms with Crippen molar-refractivity contribution in [3.8, 4) is 0 Å². The first-order valence-corrected chi connectivity index (χ1v) is 9.80. The number of carbonyl (C=O) groups is 3. The summed E-state index contributed by atoms with van der Waals surface area (Å²) in [5.41, 5.74) is 1.33. The van der Waals surface area contributed by atoms with Crippen LogP contribution in [0.3, 0.4) is 0 Å². The molecular formula is C20H25ClN2O4. The van der Waals surface area contributed by atoms with Gasteiger partial charge in [0.15, 0.2) is 6.10 Å². The smallest absolute Gasteiger partial charge is 0.312 e. The molecule has 6 nitrogen and oxygen atoms in total. The Morgan fingerprint density at radius 2 is 2.00 bits per heavy atom. The molecule has 1 aliphatic carbocycles. The lowest BCUT2D eigenvalue weighted by Crippen LogP contribution is -2.36. The zero-order valence-corrected chi connectivity index (χ0v) is 16.4. The van der Waals surface area contributed by atoms with Crippen LogP contribution in [0.5, 0.6) is 0 Å². The minimum atomic E-state index is -0.952. The molecule has 2 atom stereocenters. The lowest BCUT2D eigenvalue weighted by atomic mass is 10.1. The number of likely N-dealkylation sites (tertiary alicyclic amines) is 1. The predicted octanol–water partition coefficient (Wildman–Crippen LogP) is 3.31. The van der Waals surface area contributed by atoms with Gasteiger partial charge >= 0.3 is 5.97 Å². The molecule has 7 heteroatoms. The molecule has 3 rings (SSSR count). The minimum Gasteiger partial charge on any atom is -0.452 e. The molecule has 1 N–H and O–H groups in total. The molecule has 1 saturated heterocycles. The molecule has 1 heterocycles. The van der Waals surface area contributed by atoms with E-state index in [-0.39, 0.29) is 18.4 Å². The van der Waals surface area contributed by atoms with E-state index in [1.807, 2.05) is 4.90 Å². The van der Waals surface area contributed by atoms with Crippen LogP contribution in [0.15, 0.2) is 18.2 Å². The van der Waals surface area contributed by atoms with Crippen LogP contribution in [-0.2, 0) is 19.1 Å². The number of benzene rings is 1. The van der Waals surface area contributed by atoms with Crippen molar-refractivity contribution in [1.82, 2.24) is 4.90 Å². The van der Waals surface area contributed by atoms with Gasteiger partial charge in [0, 0.05) is 29.7 Å². The maximum Gasteiger partial charge on any atom is 0.312 e. The number of anilines is 1. The van der Waals surface area contributed by atoms with Gasteiger partial charge in [-0.3, -0.25) is 14.4 Å². The van der Waals surface area contributed by atoms with E-state index in [4.69, 9.17) is 16.3 Å². The lowest BCUT2D eigenvalue weighted by Gasteiger charge is -2.24. The van der Waals surface area contributed by atoms with Crippen molar-refractivity contribution in [3.63, 3.8) is 0 Å². The van der Waals surface area contributed by atoms with Crippen molar-refractivity contribution >= 4 is 35.1 Å². The average molecular weight is 393 g/mol. The van der Waals surface area contributed by atoms with Gasteiger partial charge in [-0.05, 0) is 44.4 Å². The van der Waals surface area contributed by atoms with Crippen molar-refractivity contribution in [2.75, 3.05) is 11.9 Å². The molecule has 1 aromatic carbocycles. The number of rotatable bonds is 5. The molecule has 0 radical (unpaired) electrons. The molecule has 2 amide bonds. The maximum atomic E-state index is 12.4. The highest BCUT2D eigenvalue weighted by Gasteiger charge is 2.40. The Morgan fingerprint density at radius 1 is 1.30 bits per heavy atom. The second kappa shape index (κ2) is 8.30. The van der Waals surface area contributed by atoms with E-state index in [9.17, 15) is 14.4 Å². The Labute approximate surface area is 164 Å². The van der Waals surface area contributed by atoms with E-state index in [1.165, 1.54) is 6.92 Å². The van der Waals surface area contributed by atoms with E-state index in [0.29, 0.717) is 17.3 Å². The monoisotopic (exact) mass is 392 g/mol. The van der Waals surface area contributed by atoms with Crippen LogP contribution >= 0.6 is 11.6 Å². The topological polar surface area (TPSA) is 75.7 Å². The fraction of sp³-hybridized carbons (Fsp3) is 0.550. The number of amides is 2. The summed E-state index contributed by atoms with van der Waals surface area (Å²) < 4.78 is 5.33. The van der Waals surface area contributed by atoms with Crippen molar-refractivity contribution in [2.24, 2.45) is 5.92 Å². The van der Waals surface area contributed by atoms with E-state index in [1.54, 1.807) is 25.1 Å². The van der Waals surface area contributed by atoms with E-state index >= 15 is 0 Å². The first-order valence-electron chi connectivity index (χ1n) is 9.42. The first kappa shape index (κ1) is 19.7. The number of nitrogens with one attached hydrogen (secondary N) is 1. The number of halogens is 1. The highest BCUT2D eigenvalue weighted by atomic mass is 35.5. The van der Waals surface area contributed by atoms with E-state index in [0.717, 1.165) is 31.2 Å². The molecule has 146 valence electrons. The fourth-order valence-electron chi connectivity index (χ4n) is 3.76. The van der Waals surface area contributed by atoms with Gasteiger partial charge in [-0.25, -0.2) is 0 Å². The van der Waals surface area contributed by atoms with Crippen LogP contribution in [0.1, 0.15) is 44.6 Å². The summed E-state index contributed by atoms with van der Waals surface area (Å²) in [6, 6.07) is 5.47. The molecule has 1 aromatic rings. The van der Waals surface area contributed by atoms with Crippen LogP contribution in [0.4, 0.5) is 5.69 Å². The molecule has 27 heavy (non-hydrogen) atoms. The van der Waals surface area contributed by atoms with Gasteiger partial charge in [-0.2, -0.15) is 0 Å². The van der Waals surface area contributed by atoms with Gasteiger partial charge < -0.3 is 15.0 Å². The third kappa shape index (κ3) is 4.43. The Balaban J connectivity index is 1.55. The zero-order chi connectivity index (χ0) is 19.6. The number of hydrogen-bond donors (Lipinski definition) is 1. The van der Waals surface area contributed by atoms with Gasteiger partial charge in [-0.15, -0.1) is 0 Å².